The van der Waals surface area contributed by atoms with Crippen LogP contribution in [-0.4, -0.2) is 30.3 Å². The van der Waals surface area contributed by atoms with Crippen molar-refractivity contribution in [2.45, 2.75) is 209 Å². The third-order valence-electron chi connectivity index (χ3n) is 26.1. The minimum Gasteiger partial charge on any atom is -0.753 e. The van der Waals surface area contributed by atoms with Crippen LogP contribution < -0.4 is 19.6 Å². The first kappa shape index (κ1) is 111. The maximum absolute atomic E-state index is 7.13. The molecule has 4 aromatic heterocycles. The molecule has 0 aliphatic carbocycles. The van der Waals surface area contributed by atoms with Crippen molar-refractivity contribution in [2.24, 2.45) is 0 Å². The average Bonchev–Trinajstić information content (AvgIpc) is 0.797. The molecule has 10 nitrogen and oxygen atoms in total. The summed E-state index contributed by atoms with van der Waals surface area (Å²) in [5, 5.41) is 16.9. The number of hydrogen-bond acceptors (Lipinski definition) is 10. The van der Waals surface area contributed by atoms with Crippen LogP contribution in [-0.2, 0) is 62.8 Å². The van der Waals surface area contributed by atoms with E-state index < -0.39 is 0 Å². The molecule has 0 aliphatic heterocycles. The van der Waals surface area contributed by atoms with E-state index in [1.54, 1.807) is 0 Å². The second-order valence-corrected chi connectivity index (χ2v) is 45.9. The van der Waals surface area contributed by atoms with Gasteiger partial charge >= 0.3 is 19.5 Å². The number of hydrogen-bond donors (Lipinski definition) is 0. The number of rotatable bonds is 22. The van der Waals surface area contributed by atoms with Gasteiger partial charge in [0.25, 0.3) is 0 Å². The molecule has 0 radical (unpaired) electrons. The molecule has 0 spiro atoms. The molecule has 16 aromatic rings. The first-order valence-electron chi connectivity index (χ1n) is 50.3. The maximum Gasteiger partial charge on any atom is 2.00 e. The van der Waals surface area contributed by atoms with Crippen LogP contribution in [0.25, 0.3) is 82.2 Å². The minimum atomic E-state index is 0. The van der Waals surface area contributed by atoms with E-state index in [1.807, 2.05) is 49.1 Å². The SMILES string of the molecule is CC(C)(C)c1ccc(N(c2ccc(/C=C/c3ccnc(-c4cc(/C=C/c5ccc(N(c6ccc(C(C)(C)C)cc6)c6ccc(C(C)(C)C)cc6)cc5)ccn4)c3)cc2)c2ccc(C(C)(C)C)cc2)cc1.CC(C)(C)c1ccc(N(c2ccc(/C=C/c3ccnc(-c4cc(/C=C/c5ccc(N(c6ccc(C(C)(C)C)cc6)c6ccc(C(C)(C)C)cc6)cc5)ccn4)c3)cc2)c2ccc(C(C)(C)C)cc2)cc1.[N-]=C=S.[N-]=C=S.[Ru+2]. The number of anilines is 12. The second kappa shape index (κ2) is 48.3. The minimum absolute atomic E-state index is 0. The smallest absolute Gasteiger partial charge is 0.753 e. The van der Waals surface area contributed by atoms with Crippen molar-refractivity contribution in [1.82, 2.24) is 19.9 Å². The van der Waals surface area contributed by atoms with E-state index in [9.17, 15) is 0 Å². The Balaban J connectivity index is 0.000000246. The number of isothiocyanates is 2. The van der Waals surface area contributed by atoms with Crippen LogP contribution in [0.1, 0.15) is 255 Å². The monoisotopic (exact) mass is 2050 g/mol. The Morgan fingerprint density at radius 3 is 0.388 bits per heavy atom. The van der Waals surface area contributed by atoms with Crippen LogP contribution in [0.4, 0.5) is 68.2 Å². The fourth-order valence-electron chi connectivity index (χ4n) is 17.1. The van der Waals surface area contributed by atoms with Crippen LogP contribution in [0.2, 0.25) is 0 Å². The van der Waals surface area contributed by atoms with Gasteiger partial charge in [0.05, 0.1) is 22.8 Å². The van der Waals surface area contributed by atoms with Crippen molar-refractivity contribution in [2.75, 3.05) is 19.6 Å². The Hall–Kier alpha value is -14.4. The molecule has 16 rings (SSSR count). The Labute approximate surface area is 900 Å². The van der Waals surface area contributed by atoms with E-state index >= 15 is 0 Å². The van der Waals surface area contributed by atoms with Crippen molar-refractivity contribution in [3.05, 3.63) is 464 Å². The molecule has 0 atom stereocenters. The first-order valence-corrected chi connectivity index (χ1v) is 51.1. The second-order valence-electron chi connectivity index (χ2n) is 45.5. The Morgan fingerprint density at radius 2 is 0.279 bits per heavy atom. The molecule has 0 amide bonds. The molecule has 13 heteroatoms. The predicted octanol–water partition coefficient (Wildman–Crippen LogP) is 38.5. The summed E-state index contributed by atoms with van der Waals surface area (Å²) >= 11 is 7.40. The van der Waals surface area contributed by atoms with Crippen LogP contribution in [0, 0.1) is 0 Å². The number of pyridine rings is 4. The first-order chi connectivity index (χ1) is 69.2. The summed E-state index contributed by atoms with van der Waals surface area (Å²) in [5.74, 6) is 0. The molecule has 746 valence electrons. The maximum atomic E-state index is 7.13. The number of benzene rings is 12. The standard InChI is InChI=1S/2C66H70N4.2CNS.Ru/c2*1-63(2,3)51-21-33-57(34-22-51)69(58-35-23-52(24-36-58)64(4,5)6)55-29-17-47(18-30-55)13-15-49-41-43-67-61(45-49)62-46-50(42-44-68-62)16-14-48-19-31-56(32-20-48)70(59-37-25-53(26-38-59)65(7,8)9)60-39-27-54(28-40-60)66(10,11)12;2*2-1-3;/h2*13-46H,1-12H3;;;/q;;2*-1;+2/b2*15-13+,16-14+;;;. The third-order valence-corrected chi connectivity index (χ3v) is 26.1. The molecule has 0 aliphatic rings. The van der Waals surface area contributed by atoms with Crippen molar-refractivity contribution in [1.29, 1.82) is 0 Å². The van der Waals surface area contributed by atoms with Crippen molar-refractivity contribution < 1.29 is 19.5 Å². The topological polar surface area (TPSA) is 109 Å². The molecule has 12 aromatic carbocycles. The van der Waals surface area contributed by atoms with Crippen molar-refractivity contribution in [3.8, 4) is 22.8 Å². The van der Waals surface area contributed by atoms with Gasteiger partial charge in [-0.3, -0.25) is 19.9 Å². The summed E-state index contributed by atoms with van der Waals surface area (Å²) in [6, 6.07) is 124. The van der Waals surface area contributed by atoms with Gasteiger partial charge in [0, 0.05) is 93.0 Å². The summed E-state index contributed by atoms with van der Waals surface area (Å²) in [6.45, 7) is 54.2. The zero-order chi connectivity index (χ0) is 105. The Bertz CT molecular complexity index is 6130. The molecule has 0 saturated carbocycles. The Morgan fingerprint density at radius 1 is 0.177 bits per heavy atom. The zero-order valence-electron chi connectivity index (χ0n) is 89.9. The number of nitrogens with zero attached hydrogens (tertiary/aromatic N) is 10. The van der Waals surface area contributed by atoms with E-state index in [2.05, 4.69) is 574 Å². The van der Waals surface area contributed by atoms with E-state index in [0.29, 0.717) is 0 Å². The van der Waals surface area contributed by atoms with Gasteiger partial charge in [-0.25, -0.2) is 0 Å². The molecule has 147 heavy (non-hydrogen) atoms. The summed E-state index contributed by atoms with van der Waals surface area (Å²) < 4.78 is 0. The zero-order valence-corrected chi connectivity index (χ0v) is 93.3. The molecule has 4 heterocycles. The molecule has 0 bridgehead atoms. The fraction of sp³-hybridized carbons (Fsp3) is 0.239. The quantitative estimate of drug-likeness (QED) is 0.0370. The molecule has 0 fully saturated rings. The molecule has 0 saturated heterocycles. The van der Waals surface area contributed by atoms with Gasteiger partial charge in [-0.15, -0.1) is 0 Å². The van der Waals surface area contributed by atoms with E-state index in [0.717, 1.165) is 136 Å². The normalized spacial score (nSPS) is 12.0. The average molecular weight is 2060 g/mol. The number of thiocarbonyl (C=S) groups is 2. The van der Waals surface area contributed by atoms with Crippen molar-refractivity contribution in [3.63, 3.8) is 0 Å². The van der Waals surface area contributed by atoms with Crippen molar-refractivity contribution >= 4 is 152 Å². The van der Waals surface area contributed by atoms with E-state index in [1.165, 1.54) is 54.8 Å². The largest absolute Gasteiger partial charge is 2.00 e. The van der Waals surface area contributed by atoms with Crippen LogP contribution in [0.5, 0.6) is 0 Å². The van der Waals surface area contributed by atoms with Gasteiger partial charge in [-0.05, 0) is 326 Å². The molecular weight excluding hydrogens is 1910 g/mol. The van der Waals surface area contributed by atoms with Gasteiger partial charge in [0.15, 0.2) is 0 Å². The number of aromatic nitrogens is 4. The molecule has 0 N–H and O–H groups in total. The van der Waals surface area contributed by atoms with Gasteiger partial charge in [-0.2, -0.15) is 10.3 Å². The summed E-state index contributed by atoms with van der Waals surface area (Å²) in [4.78, 5) is 28.3. The molecule has 0 unspecified atom stereocenters. The van der Waals surface area contributed by atoms with E-state index in [4.69, 9.17) is 30.8 Å². The summed E-state index contributed by atoms with van der Waals surface area (Å²) in [7, 11) is 0. The van der Waals surface area contributed by atoms with Gasteiger partial charge in [0.1, 0.15) is 0 Å². The Kier molecular flexibility index (Phi) is 36.6. The third kappa shape index (κ3) is 30.4. The summed E-state index contributed by atoms with van der Waals surface area (Å²) in [5.41, 5.74) is 36.7. The predicted molar refractivity (Wildman–Crippen MR) is 637 cm³/mol. The molecular formula is C134H140N10RuS2. The van der Waals surface area contributed by atoms with Crippen LogP contribution in [0.15, 0.2) is 365 Å². The van der Waals surface area contributed by atoms with Crippen LogP contribution in [0.3, 0.4) is 0 Å². The van der Waals surface area contributed by atoms with E-state index in [-0.39, 0.29) is 62.8 Å². The van der Waals surface area contributed by atoms with Gasteiger partial charge < -0.3 is 30.4 Å². The fourth-order valence-corrected chi connectivity index (χ4v) is 17.1. The van der Waals surface area contributed by atoms with Crippen LogP contribution >= 0.6 is 24.4 Å². The van der Waals surface area contributed by atoms with Gasteiger partial charge in [0.2, 0.25) is 0 Å². The van der Waals surface area contributed by atoms with Gasteiger partial charge in [-0.1, -0.05) is 385 Å². The summed E-state index contributed by atoms with van der Waals surface area (Å²) in [6.07, 6.45) is 24.6.